The van der Waals surface area contributed by atoms with Crippen molar-refractivity contribution in [2.24, 2.45) is 39.9 Å². The van der Waals surface area contributed by atoms with Crippen LogP contribution in [0.15, 0.2) is 23.8 Å². The topological polar surface area (TPSA) is 43.4 Å². The number of hydrogen-bond acceptors (Lipinski definition) is 3. The molecule has 0 spiro atoms. The zero-order valence-electron chi connectivity index (χ0n) is 19.2. The molecule has 0 aromatic rings. The Labute approximate surface area is 181 Å². The van der Waals surface area contributed by atoms with Gasteiger partial charge in [-0.2, -0.15) is 0 Å². The van der Waals surface area contributed by atoms with E-state index in [4.69, 9.17) is 4.74 Å². The SMILES string of the molecule is CC(=O)O[C@@H]1CC[C@@]2(C)C(=CC[C@@H]3[C@@H]2CC[C@@]2(C)[C@H]3C[C@H]3CC=CC[C@]32C(C)=O)C1. The smallest absolute Gasteiger partial charge is 0.302 e. The molecule has 0 amide bonds. The molecule has 0 aromatic carbocycles. The van der Waals surface area contributed by atoms with Crippen molar-refractivity contribution in [2.45, 2.75) is 91.6 Å². The van der Waals surface area contributed by atoms with Gasteiger partial charge in [0, 0.05) is 18.8 Å². The number of hydrogen-bond donors (Lipinski definition) is 0. The van der Waals surface area contributed by atoms with E-state index in [2.05, 4.69) is 32.1 Å². The van der Waals surface area contributed by atoms with Crippen LogP contribution in [0.25, 0.3) is 0 Å². The Bertz CT molecular complexity index is 824. The number of rotatable bonds is 2. The van der Waals surface area contributed by atoms with Crippen LogP contribution in [0.2, 0.25) is 0 Å². The first kappa shape index (κ1) is 20.5. The summed E-state index contributed by atoms with van der Waals surface area (Å²) >= 11 is 0. The van der Waals surface area contributed by atoms with Crippen molar-refractivity contribution < 1.29 is 14.3 Å². The van der Waals surface area contributed by atoms with Crippen LogP contribution in [-0.4, -0.2) is 17.9 Å². The highest BCUT2D eigenvalue weighted by molar-refractivity contribution is 5.85. The maximum absolute atomic E-state index is 13.2. The van der Waals surface area contributed by atoms with Gasteiger partial charge >= 0.3 is 5.97 Å². The lowest BCUT2D eigenvalue weighted by molar-refractivity contribution is -0.150. The summed E-state index contributed by atoms with van der Waals surface area (Å²) in [5.74, 6) is 2.90. The lowest BCUT2D eigenvalue weighted by Crippen LogP contribution is -2.55. The summed E-state index contributed by atoms with van der Waals surface area (Å²) in [6.07, 6.45) is 17.1. The van der Waals surface area contributed by atoms with Gasteiger partial charge in [0.2, 0.25) is 0 Å². The largest absolute Gasteiger partial charge is 0.462 e. The lowest BCUT2D eigenvalue weighted by atomic mass is 9.44. The van der Waals surface area contributed by atoms with E-state index in [1.807, 2.05) is 6.92 Å². The van der Waals surface area contributed by atoms with Gasteiger partial charge in [0.1, 0.15) is 11.9 Å². The van der Waals surface area contributed by atoms with Crippen molar-refractivity contribution in [2.75, 3.05) is 0 Å². The quantitative estimate of drug-likeness (QED) is 0.412. The lowest BCUT2D eigenvalue weighted by Gasteiger charge is -2.60. The van der Waals surface area contributed by atoms with Gasteiger partial charge in [0.05, 0.1) is 0 Å². The zero-order valence-corrected chi connectivity index (χ0v) is 19.2. The van der Waals surface area contributed by atoms with Crippen molar-refractivity contribution in [3.8, 4) is 0 Å². The summed E-state index contributed by atoms with van der Waals surface area (Å²) in [5.41, 5.74) is 1.81. The highest BCUT2D eigenvalue weighted by Gasteiger charge is 2.68. The first-order valence-corrected chi connectivity index (χ1v) is 12.2. The van der Waals surface area contributed by atoms with Gasteiger partial charge in [0.15, 0.2) is 0 Å². The maximum atomic E-state index is 13.2. The molecule has 0 radical (unpaired) electrons. The zero-order chi connectivity index (χ0) is 21.3. The highest BCUT2D eigenvalue weighted by atomic mass is 16.5. The Morgan fingerprint density at radius 2 is 1.83 bits per heavy atom. The fourth-order valence-electron chi connectivity index (χ4n) is 9.31. The number of carbonyl (C=O) groups is 2. The van der Waals surface area contributed by atoms with Crippen LogP contribution in [0, 0.1) is 39.9 Å². The molecule has 30 heavy (non-hydrogen) atoms. The summed E-state index contributed by atoms with van der Waals surface area (Å²) in [5, 5.41) is 0. The van der Waals surface area contributed by atoms with E-state index in [1.165, 1.54) is 26.2 Å². The van der Waals surface area contributed by atoms with Gasteiger partial charge in [-0.25, -0.2) is 0 Å². The number of carbonyl (C=O) groups excluding carboxylic acids is 2. The minimum Gasteiger partial charge on any atom is -0.462 e. The molecule has 0 bridgehead atoms. The van der Waals surface area contributed by atoms with E-state index in [-0.39, 0.29) is 28.3 Å². The molecule has 3 fully saturated rings. The third kappa shape index (κ3) is 2.56. The Morgan fingerprint density at radius 3 is 2.57 bits per heavy atom. The minimum absolute atomic E-state index is 0.0636. The molecule has 0 N–H and O–H groups in total. The molecular weight excluding hydrogens is 372 g/mol. The fraction of sp³-hybridized carbons (Fsp3) is 0.778. The molecule has 164 valence electrons. The predicted molar refractivity (Wildman–Crippen MR) is 118 cm³/mol. The van der Waals surface area contributed by atoms with E-state index >= 15 is 0 Å². The molecule has 3 nitrogen and oxygen atoms in total. The molecule has 5 aliphatic rings. The Hall–Kier alpha value is -1.38. The summed E-state index contributed by atoms with van der Waals surface area (Å²) in [6, 6.07) is 0. The average molecular weight is 411 g/mol. The van der Waals surface area contributed by atoms with Crippen LogP contribution in [0.4, 0.5) is 0 Å². The molecule has 5 aliphatic carbocycles. The summed E-state index contributed by atoms with van der Waals surface area (Å²) < 4.78 is 5.59. The van der Waals surface area contributed by atoms with Crippen molar-refractivity contribution >= 4 is 11.8 Å². The Balaban J connectivity index is 1.47. The second-order valence-corrected chi connectivity index (χ2v) is 11.6. The van der Waals surface area contributed by atoms with Gasteiger partial charge in [-0.15, -0.1) is 0 Å². The van der Waals surface area contributed by atoms with Crippen LogP contribution in [0.5, 0.6) is 0 Å². The molecular formula is C27H38O3. The van der Waals surface area contributed by atoms with E-state index < -0.39 is 0 Å². The van der Waals surface area contributed by atoms with Gasteiger partial charge < -0.3 is 4.74 Å². The predicted octanol–water partition coefficient (Wildman–Crippen LogP) is 6.03. The van der Waals surface area contributed by atoms with Gasteiger partial charge in [-0.1, -0.05) is 37.6 Å². The van der Waals surface area contributed by atoms with Crippen LogP contribution in [-0.2, 0) is 14.3 Å². The highest BCUT2D eigenvalue weighted by Crippen LogP contribution is 2.73. The molecule has 0 saturated heterocycles. The minimum atomic E-state index is -0.150. The third-order valence-corrected chi connectivity index (χ3v) is 10.7. The number of fused-ring (bicyclic) bond motifs is 7. The maximum Gasteiger partial charge on any atom is 0.302 e. The van der Waals surface area contributed by atoms with Crippen LogP contribution in [0.1, 0.15) is 85.5 Å². The van der Waals surface area contributed by atoms with Crippen LogP contribution in [0.3, 0.4) is 0 Å². The van der Waals surface area contributed by atoms with Crippen LogP contribution < -0.4 is 0 Å². The standard InChI is InChI=1S/C27H38O3/c1-17(28)27-12-6-5-7-20(27)16-24-22-9-8-19-15-21(30-18(2)29)10-13-25(19,3)23(22)11-14-26(24,27)4/h5-6,8,20-24H,7,9-16H2,1-4H3/t20-,21-,22-,23+,24+,25+,26+,27+/m1/s1. The first-order valence-electron chi connectivity index (χ1n) is 12.2. The molecule has 3 heteroatoms. The van der Waals surface area contributed by atoms with Crippen molar-refractivity contribution in [1.82, 2.24) is 0 Å². The van der Waals surface area contributed by atoms with E-state index in [0.717, 1.165) is 38.5 Å². The van der Waals surface area contributed by atoms with E-state index in [9.17, 15) is 9.59 Å². The second-order valence-electron chi connectivity index (χ2n) is 11.6. The molecule has 8 atom stereocenters. The first-order chi connectivity index (χ1) is 14.2. The third-order valence-electron chi connectivity index (χ3n) is 10.7. The Morgan fingerprint density at radius 1 is 1.03 bits per heavy atom. The van der Waals surface area contributed by atoms with E-state index in [1.54, 1.807) is 5.57 Å². The van der Waals surface area contributed by atoms with Crippen molar-refractivity contribution in [3.05, 3.63) is 23.8 Å². The molecule has 3 saturated carbocycles. The normalized spacial score (nSPS) is 49.2. The van der Waals surface area contributed by atoms with Crippen molar-refractivity contribution in [3.63, 3.8) is 0 Å². The fourth-order valence-corrected chi connectivity index (χ4v) is 9.31. The van der Waals surface area contributed by atoms with Gasteiger partial charge in [0.25, 0.3) is 0 Å². The molecule has 5 rings (SSSR count). The van der Waals surface area contributed by atoms with Crippen LogP contribution >= 0.6 is 0 Å². The molecule has 0 unspecified atom stereocenters. The number of ether oxygens (including phenoxy) is 1. The monoisotopic (exact) mass is 410 g/mol. The summed E-state index contributed by atoms with van der Waals surface area (Å²) in [7, 11) is 0. The number of ketones is 1. The van der Waals surface area contributed by atoms with Gasteiger partial charge in [-0.05, 0) is 92.8 Å². The second kappa shape index (κ2) is 6.81. The average Bonchev–Trinajstić information content (AvgIpc) is 2.98. The number of esters is 1. The number of allylic oxidation sites excluding steroid dienone is 3. The summed E-state index contributed by atoms with van der Waals surface area (Å²) in [6.45, 7) is 8.38. The van der Waals surface area contributed by atoms with Gasteiger partial charge in [-0.3, -0.25) is 9.59 Å². The molecule has 0 aliphatic heterocycles. The number of Topliss-reactive ketones (excluding diaryl/α,β-unsaturated/α-hetero) is 1. The molecule has 0 aromatic heterocycles. The Kier molecular flexibility index (Phi) is 4.66. The summed E-state index contributed by atoms with van der Waals surface area (Å²) in [4.78, 5) is 24.6. The molecule has 0 heterocycles. The van der Waals surface area contributed by atoms with E-state index in [0.29, 0.717) is 29.5 Å². The van der Waals surface area contributed by atoms with Crippen molar-refractivity contribution in [1.29, 1.82) is 0 Å².